The molecule has 0 bridgehead atoms. The van der Waals surface area contributed by atoms with Gasteiger partial charge in [-0.05, 0) is 120 Å². The fourth-order valence-corrected chi connectivity index (χ4v) is 5.22. The molecule has 4 nitrogen and oxygen atoms in total. The van der Waals surface area contributed by atoms with Crippen molar-refractivity contribution >= 4 is 11.6 Å². The van der Waals surface area contributed by atoms with Gasteiger partial charge in [0.25, 0.3) is 0 Å². The summed E-state index contributed by atoms with van der Waals surface area (Å²) >= 11 is 0. The molecule has 0 fully saturated rings. The molecule has 0 radical (unpaired) electrons. The van der Waals surface area contributed by atoms with Crippen molar-refractivity contribution in [2.24, 2.45) is 11.3 Å². The van der Waals surface area contributed by atoms with Gasteiger partial charge in [0.1, 0.15) is 17.1 Å². The summed E-state index contributed by atoms with van der Waals surface area (Å²) in [7, 11) is 0. The normalized spacial score (nSPS) is 16.0. The zero-order valence-electron chi connectivity index (χ0n) is 29.6. The summed E-state index contributed by atoms with van der Waals surface area (Å²) in [6.45, 7) is 22.1. The Morgan fingerprint density at radius 3 is 1.41 bits per heavy atom. The number of Topliss-reactive ketones (excluding diaryl/α,β-unsaturated/α-hetero) is 2. The Hall–Kier alpha value is -3.14. The zero-order chi connectivity index (χ0) is 33.6. The van der Waals surface area contributed by atoms with Crippen LogP contribution < -0.4 is 0 Å². The Balaban J connectivity index is 3.77. The molecular weight excluding hydrogens is 544 g/mol. The maximum atomic E-state index is 14.4. The second-order valence-electron chi connectivity index (χ2n) is 13.7. The first-order valence-electron chi connectivity index (χ1n) is 16.4. The fraction of sp³-hybridized carbons (Fsp3) is 0.550. The van der Waals surface area contributed by atoms with Gasteiger partial charge in [-0.25, -0.2) is 0 Å². The van der Waals surface area contributed by atoms with Gasteiger partial charge in [0.2, 0.25) is 0 Å². The number of carbonyl (C=O) groups excluding carboxylic acids is 2. The number of hydrogen-bond donors (Lipinski definition) is 2. The van der Waals surface area contributed by atoms with Crippen molar-refractivity contribution in [3.05, 3.63) is 92.6 Å². The van der Waals surface area contributed by atoms with E-state index in [0.29, 0.717) is 0 Å². The monoisotopic (exact) mass is 604 g/mol. The maximum absolute atomic E-state index is 14.4. The Morgan fingerprint density at radius 2 is 1.05 bits per heavy atom. The van der Waals surface area contributed by atoms with Gasteiger partial charge in [-0.2, -0.15) is 0 Å². The summed E-state index contributed by atoms with van der Waals surface area (Å²) in [5.41, 5.74) is 5.91. The van der Waals surface area contributed by atoms with E-state index in [1.165, 1.54) is 16.7 Å². The van der Waals surface area contributed by atoms with E-state index < -0.39 is 17.1 Å². The first-order chi connectivity index (χ1) is 20.5. The highest BCUT2D eigenvalue weighted by atomic mass is 16.3. The van der Waals surface area contributed by atoms with Crippen molar-refractivity contribution < 1.29 is 19.8 Å². The number of carbonyl (C=O) groups is 2. The molecule has 0 unspecified atom stereocenters. The summed E-state index contributed by atoms with van der Waals surface area (Å²) in [6, 6.07) is 0. The van der Waals surface area contributed by atoms with Gasteiger partial charge in [0, 0.05) is 11.5 Å². The molecule has 0 amide bonds. The van der Waals surface area contributed by atoms with Crippen LogP contribution in [-0.4, -0.2) is 21.8 Å². The third-order valence-corrected chi connectivity index (χ3v) is 8.22. The smallest absolute Gasteiger partial charge is 0.184 e. The number of allylic oxidation sites excluding steroid dienone is 15. The molecular formula is C40H60O4. The second-order valence-corrected chi connectivity index (χ2v) is 13.7. The molecule has 0 aliphatic heterocycles. The van der Waals surface area contributed by atoms with Crippen molar-refractivity contribution in [1.82, 2.24) is 0 Å². The van der Waals surface area contributed by atoms with Crippen molar-refractivity contribution in [3.8, 4) is 0 Å². The highest BCUT2D eigenvalue weighted by Crippen LogP contribution is 2.47. The van der Waals surface area contributed by atoms with Crippen LogP contribution in [0.2, 0.25) is 0 Å². The van der Waals surface area contributed by atoms with Crippen LogP contribution in [0.3, 0.4) is 0 Å². The molecule has 0 atom stereocenters. The lowest BCUT2D eigenvalue weighted by Gasteiger charge is -2.36. The zero-order valence-corrected chi connectivity index (χ0v) is 29.6. The lowest BCUT2D eigenvalue weighted by molar-refractivity contribution is -0.129. The van der Waals surface area contributed by atoms with Gasteiger partial charge in [-0.1, -0.05) is 83.7 Å². The van der Waals surface area contributed by atoms with Gasteiger partial charge in [0.15, 0.2) is 11.6 Å². The van der Waals surface area contributed by atoms with E-state index in [1.807, 2.05) is 39.0 Å². The molecule has 0 saturated heterocycles. The highest BCUT2D eigenvalue weighted by Gasteiger charge is 2.50. The van der Waals surface area contributed by atoms with Crippen molar-refractivity contribution in [3.63, 3.8) is 0 Å². The summed E-state index contributed by atoms with van der Waals surface area (Å²) in [6.07, 6.45) is 18.7. The Kier molecular flexibility index (Phi) is 16.5. The molecule has 2 N–H and O–H groups in total. The molecule has 1 rings (SSSR count). The minimum Gasteiger partial charge on any atom is -0.511 e. The Bertz CT molecular complexity index is 1230. The predicted octanol–water partition coefficient (Wildman–Crippen LogP) is 11.7. The highest BCUT2D eigenvalue weighted by molar-refractivity contribution is 6.24. The van der Waals surface area contributed by atoms with Gasteiger partial charge >= 0.3 is 0 Å². The minimum absolute atomic E-state index is 0.115. The van der Waals surface area contributed by atoms with E-state index in [1.54, 1.807) is 13.8 Å². The fourth-order valence-electron chi connectivity index (χ4n) is 5.22. The van der Waals surface area contributed by atoms with Crippen LogP contribution in [0.4, 0.5) is 0 Å². The molecule has 0 saturated carbocycles. The minimum atomic E-state index is -1.36. The second kappa shape index (κ2) is 18.6. The van der Waals surface area contributed by atoms with Gasteiger partial charge in [-0.3, -0.25) is 9.59 Å². The summed E-state index contributed by atoms with van der Waals surface area (Å²) < 4.78 is 0. The molecule has 0 aromatic heterocycles. The lowest BCUT2D eigenvalue weighted by Crippen LogP contribution is -2.41. The SMILES string of the molecule is CC(C)=CCC/C(C)=C/CC1=C(O)C(C/C=C(\C)CCC=C(C)C)(C/C=C(\C)CCC=C(C)C)C(=O)C(C(=O)C(C)C)=C1O. The topological polar surface area (TPSA) is 74.6 Å². The molecule has 44 heavy (non-hydrogen) atoms. The van der Waals surface area contributed by atoms with Crippen LogP contribution in [0.25, 0.3) is 0 Å². The molecule has 1 aliphatic carbocycles. The van der Waals surface area contributed by atoms with E-state index in [0.717, 1.165) is 55.2 Å². The van der Waals surface area contributed by atoms with E-state index in [9.17, 15) is 19.8 Å². The predicted molar refractivity (Wildman–Crippen MR) is 188 cm³/mol. The van der Waals surface area contributed by atoms with Crippen LogP contribution in [-0.2, 0) is 9.59 Å². The average molecular weight is 605 g/mol. The molecule has 1 aliphatic rings. The van der Waals surface area contributed by atoms with E-state index in [-0.39, 0.29) is 47.7 Å². The molecule has 0 aromatic rings. The van der Waals surface area contributed by atoms with Crippen LogP contribution >= 0.6 is 0 Å². The summed E-state index contributed by atoms with van der Waals surface area (Å²) in [5, 5.41) is 23.4. The average Bonchev–Trinajstić information content (AvgIpc) is 2.92. The first kappa shape index (κ1) is 38.9. The summed E-state index contributed by atoms with van der Waals surface area (Å²) in [5.74, 6) is -1.83. The van der Waals surface area contributed by atoms with Crippen LogP contribution in [0.1, 0.15) is 134 Å². The molecule has 0 heterocycles. The standard InChI is InChI=1S/C40H60O4/c1-27(2)15-12-18-31(9)21-22-34-37(42)35(36(41)30(7)8)39(44)40(38(34)43,25-23-32(10)19-13-16-28(3)4)26-24-33(11)20-14-17-29(5)6/h15-17,21,23-24,30,42-43H,12-14,18-20,22,25-26H2,1-11H3/b31-21+,32-23+,33-24+. The Morgan fingerprint density at radius 1 is 0.659 bits per heavy atom. The number of ketones is 2. The van der Waals surface area contributed by atoms with Gasteiger partial charge in [-0.15, -0.1) is 0 Å². The van der Waals surface area contributed by atoms with Gasteiger partial charge in [0.05, 0.1) is 5.41 Å². The largest absolute Gasteiger partial charge is 0.511 e. The quantitative estimate of drug-likeness (QED) is 0.128. The van der Waals surface area contributed by atoms with Crippen molar-refractivity contribution in [2.75, 3.05) is 0 Å². The molecule has 4 heteroatoms. The first-order valence-corrected chi connectivity index (χ1v) is 16.4. The van der Waals surface area contributed by atoms with Crippen LogP contribution in [0, 0.1) is 11.3 Å². The maximum Gasteiger partial charge on any atom is 0.184 e. The van der Waals surface area contributed by atoms with Crippen LogP contribution in [0.15, 0.2) is 92.6 Å². The summed E-state index contributed by atoms with van der Waals surface area (Å²) in [4.78, 5) is 27.9. The van der Waals surface area contributed by atoms with Crippen molar-refractivity contribution in [2.45, 2.75) is 134 Å². The lowest BCUT2D eigenvalue weighted by atomic mass is 9.66. The van der Waals surface area contributed by atoms with E-state index >= 15 is 0 Å². The van der Waals surface area contributed by atoms with Gasteiger partial charge < -0.3 is 10.2 Å². The number of hydrogen-bond acceptors (Lipinski definition) is 4. The number of aliphatic hydroxyl groups excluding tert-OH is 2. The molecule has 244 valence electrons. The van der Waals surface area contributed by atoms with E-state index in [2.05, 4.69) is 59.8 Å². The Labute approximate surface area is 268 Å². The third-order valence-electron chi connectivity index (χ3n) is 8.22. The van der Waals surface area contributed by atoms with Crippen LogP contribution in [0.5, 0.6) is 0 Å². The molecule has 0 spiro atoms. The van der Waals surface area contributed by atoms with E-state index in [4.69, 9.17) is 0 Å². The molecule has 0 aromatic carbocycles. The van der Waals surface area contributed by atoms with Crippen molar-refractivity contribution in [1.29, 1.82) is 0 Å². The number of aliphatic hydroxyl groups is 2. The number of rotatable bonds is 17. The third kappa shape index (κ3) is 12.1.